The molecule has 370 valence electrons. The van der Waals surface area contributed by atoms with Gasteiger partial charge in [-0.25, -0.2) is 0 Å². The Morgan fingerprint density at radius 2 is 0.456 bits per heavy atom. The summed E-state index contributed by atoms with van der Waals surface area (Å²) in [6.07, 6.45) is 26.0. The molecule has 6 heteroatoms. The van der Waals surface area contributed by atoms with Gasteiger partial charge in [0.2, 0.25) is 0 Å². The van der Waals surface area contributed by atoms with Gasteiger partial charge in [-0.05, 0) is 196 Å². The van der Waals surface area contributed by atoms with Crippen LogP contribution in [0.3, 0.4) is 0 Å². The van der Waals surface area contributed by atoms with Crippen LogP contribution >= 0.6 is 0 Å². The number of aryl methyl sites for hydroxylation is 4. The Kier molecular flexibility index (Phi) is 22.0. The Balaban J connectivity index is 1.80. The molecule has 0 aliphatic carbocycles. The van der Waals surface area contributed by atoms with E-state index in [0.29, 0.717) is 0 Å². The van der Waals surface area contributed by atoms with Crippen molar-refractivity contribution in [1.82, 2.24) is 0 Å². The van der Waals surface area contributed by atoms with E-state index in [9.17, 15) is 0 Å². The predicted molar refractivity (Wildman–Crippen MR) is 302 cm³/mol. The molecular weight excluding hydrogens is 829 g/mol. The van der Waals surface area contributed by atoms with Gasteiger partial charge in [-0.2, -0.15) is 0 Å². The van der Waals surface area contributed by atoms with E-state index in [2.05, 4.69) is 138 Å². The second-order valence-corrected chi connectivity index (χ2v) is 19.6. The topological polar surface area (TPSA) is 111 Å². The average molecular weight is 921 g/mol. The normalized spacial score (nSPS) is 11.4. The van der Waals surface area contributed by atoms with Crippen LogP contribution in [0.1, 0.15) is 203 Å². The molecule has 0 saturated heterocycles. The van der Waals surface area contributed by atoms with Crippen LogP contribution in [0.25, 0.3) is 0 Å². The summed E-state index contributed by atoms with van der Waals surface area (Å²) in [5.41, 5.74) is 49.8. The van der Waals surface area contributed by atoms with Crippen LogP contribution in [-0.4, -0.2) is 0 Å². The van der Waals surface area contributed by atoms with Crippen molar-refractivity contribution < 1.29 is 0 Å². The van der Waals surface area contributed by atoms with Crippen LogP contribution in [0.4, 0.5) is 56.9 Å². The Labute approximate surface area is 414 Å². The Hall–Kier alpha value is -5.10. The molecule has 5 aromatic carbocycles. The summed E-state index contributed by atoms with van der Waals surface area (Å²) >= 11 is 0. The van der Waals surface area contributed by atoms with Crippen LogP contribution in [0, 0.1) is 0 Å². The molecular formula is C62H92N6. The number of anilines is 10. The van der Waals surface area contributed by atoms with Gasteiger partial charge in [0.25, 0.3) is 0 Å². The third-order valence-corrected chi connectivity index (χ3v) is 14.4. The fraction of sp³-hybridized carbons (Fsp3) is 0.516. The highest BCUT2D eigenvalue weighted by Gasteiger charge is 2.26. The lowest BCUT2D eigenvalue weighted by Crippen LogP contribution is -2.18. The predicted octanol–water partition coefficient (Wildman–Crippen LogP) is 17.7. The quantitative estimate of drug-likeness (QED) is 0.0342. The monoisotopic (exact) mass is 921 g/mol. The zero-order chi connectivity index (χ0) is 49.0. The van der Waals surface area contributed by atoms with E-state index in [-0.39, 0.29) is 0 Å². The molecule has 0 aromatic heterocycles. The molecule has 0 bridgehead atoms. The lowest BCUT2D eigenvalue weighted by atomic mass is 9.93. The van der Waals surface area contributed by atoms with Gasteiger partial charge in [0.05, 0.1) is 45.5 Å². The molecule has 0 radical (unpaired) electrons. The molecule has 0 spiro atoms. The highest BCUT2D eigenvalue weighted by Crippen LogP contribution is 2.48. The van der Waals surface area contributed by atoms with E-state index in [4.69, 9.17) is 22.9 Å². The summed E-state index contributed by atoms with van der Waals surface area (Å²) in [5, 5.41) is 0. The van der Waals surface area contributed by atoms with E-state index in [0.717, 1.165) is 211 Å². The van der Waals surface area contributed by atoms with Gasteiger partial charge in [-0.1, -0.05) is 131 Å². The van der Waals surface area contributed by atoms with Crippen molar-refractivity contribution in [2.45, 2.75) is 209 Å². The Morgan fingerprint density at radius 1 is 0.265 bits per heavy atom. The van der Waals surface area contributed by atoms with Gasteiger partial charge in [0.1, 0.15) is 0 Å². The number of hydrogen-bond acceptors (Lipinski definition) is 6. The number of unbranched alkanes of at least 4 members (excludes halogenated alkanes) is 8. The molecule has 0 fully saturated rings. The van der Waals surface area contributed by atoms with Crippen LogP contribution in [0.2, 0.25) is 0 Å². The second kappa shape index (κ2) is 27.8. The van der Waals surface area contributed by atoms with Gasteiger partial charge < -0.3 is 32.7 Å². The first-order valence-corrected chi connectivity index (χ1v) is 27.4. The first-order valence-electron chi connectivity index (χ1n) is 27.4. The van der Waals surface area contributed by atoms with Crippen molar-refractivity contribution >= 4 is 56.9 Å². The maximum atomic E-state index is 7.46. The van der Waals surface area contributed by atoms with Crippen LogP contribution in [0.5, 0.6) is 0 Å². The number of hydrogen-bond donors (Lipinski definition) is 4. The zero-order valence-electron chi connectivity index (χ0n) is 44.1. The number of rotatable bonds is 30. The molecule has 68 heavy (non-hydrogen) atoms. The third-order valence-electron chi connectivity index (χ3n) is 14.4. The minimum Gasteiger partial charge on any atom is -0.397 e. The van der Waals surface area contributed by atoms with E-state index in [1.807, 2.05) is 0 Å². The summed E-state index contributed by atoms with van der Waals surface area (Å²) < 4.78 is 0. The zero-order valence-corrected chi connectivity index (χ0v) is 44.1. The standard InChI is InChI=1S/C62H92N6/c1-9-17-25-45-33-41-55(59(63)51(45)29-21-13-5)67(56-42-34-46(26-18-10-2)52(60(56)64)30-22-14-6)49-37-39-50(40-38-49)68(57-43-35-47(27-19-11-3)53(61(57)65)31-23-15-7)58-44-36-48(28-20-12-4)54(62(58)66)32-24-16-8/h33-44H,9-32,63-66H2,1-8H3. The molecule has 0 amide bonds. The highest BCUT2D eigenvalue weighted by molar-refractivity contribution is 5.94. The van der Waals surface area contributed by atoms with Crippen LogP contribution in [0.15, 0.2) is 72.8 Å². The molecule has 5 rings (SSSR count). The SMILES string of the molecule is CCCCc1ccc(N(c2ccc(N(c3ccc(CCCC)c(CCCC)c3N)c3ccc(CCCC)c(CCCC)c3N)cc2)c2ccc(CCCC)c(CCCC)c2N)c(N)c1CCCC. The maximum Gasteiger partial charge on any atom is 0.0695 e. The van der Waals surface area contributed by atoms with Crippen molar-refractivity contribution in [2.24, 2.45) is 0 Å². The summed E-state index contributed by atoms with van der Waals surface area (Å²) in [6.45, 7) is 18.1. The number of nitrogen functional groups attached to an aromatic ring is 4. The average Bonchev–Trinajstić information content (AvgIpc) is 3.35. The number of nitrogens with two attached hydrogens (primary N) is 4. The molecule has 0 aliphatic rings. The minimum atomic E-state index is 0.855. The van der Waals surface area contributed by atoms with Gasteiger partial charge in [0.15, 0.2) is 0 Å². The number of nitrogens with zero attached hydrogens (tertiary/aromatic N) is 2. The van der Waals surface area contributed by atoms with Crippen molar-refractivity contribution in [1.29, 1.82) is 0 Å². The largest absolute Gasteiger partial charge is 0.397 e. The molecule has 0 aliphatic heterocycles. The fourth-order valence-electron chi connectivity index (χ4n) is 10.1. The lowest BCUT2D eigenvalue weighted by molar-refractivity contribution is 0.759. The summed E-state index contributed by atoms with van der Waals surface area (Å²) in [5.74, 6) is 0. The minimum absolute atomic E-state index is 0.855. The summed E-state index contributed by atoms with van der Waals surface area (Å²) in [7, 11) is 0. The lowest BCUT2D eigenvalue weighted by Gasteiger charge is -2.33. The second-order valence-electron chi connectivity index (χ2n) is 19.6. The summed E-state index contributed by atoms with van der Waals surface area (Å²) in [6, 6.07) is 27.4. The maximum absolute atomic E-state index is 7.46. The third kappa shape index (κ3) is 13.2. The van der Waals surface area contributed by atoms with Crippen LogP contribution < -0.4 is 32.7 Å². The molecule has 0 heterocycles. The van der Waals surface area contributed by atoms with Gasteiger partial charge in [-0.3, -0.25) is 0 Å². The van der Waals surface area contributed by atoms with E-state index < -0.39 is 0 Å². The van der Waals surface area contributed by atoms with Crippen molar-refractivity contribution in [2.75, 3.05) is 32.7 Å². The van der Waals surface area contributed by atoms with Crippen molar-refractivity contribution in [3.8, 4) is 0 Å². The first-order chi connectivity index (χ1) is 33.1. The van der Waals surface area contributed by atoms with Crippen molar-refractivity contribution in [3.63, 3.8) is 0 Å². The molecule has 5 aromatic rings. The highest BCUT2D eigenvalue weighted by atomic mass is 15.2. The molecule has 6 nitrogen and oxygen atoms in total. The van der Waals surface area contributed by atoms with Crippen LogP contribution in [-0.2, 0) is 51.4 Å². The van der Waals surface area contributed by atoms with Gasteiger partial charge >= 0.3 is 0 Å². The van der Waals surface area contributed by atoms with Gasteiger partial charge in [0, 0.05) is 11.4 Å². The molecule has 0 saturated carbocycles. The summed E-state index contributed by atoms with van der Waals surface area (Å²) in [4.78, 5) is 4.69. The molecule has 0 atom stereocenters. The van der Waals surface area contributed by atoms with E-state index in [1.54, 1.807) is 0 Å². The Morgan fingerprint density at radius 3 is 0.647 bits per heavy atom. The van der Waals surface area contributed by atoms with E-state index >= 15 is 0 Å². The van der Waals surface area contributed by atoms with Gasteiger partial charge in [-0.15, -0.1) is 0 Å². The first kappa shape index (κ1) is 53.8. The fourth-order valence-corrected chi connectivity index (χ4v) is 10.1. The smallest absolute Gasteiger partial charge is 0.0695 e. The molecule has 8 N–H and O–H groups in total. The Bertz CT molecular complexity index is 2010. The number of benzene rings is 5. The molecule has 0 unspecified atom stereocenters. The van der Waals surface area contributed by atoms with Crippen molar-refractivity contribution in [3.05, 3.63) is 117 Å². The van der Waals surface area contributed by atoms with E-state index in [1.165, 1.54) is 44.5 Å².